The fourth-order valence-corrected chi connectivity index (χ4v) is 3.07. The third-order valence-electron chi connectivity index (χ3n) is 5.52. The Morgan fingerprint density at radius 1 is 1.18 bits per heavy atom. The first-order valence-electron chi connectivity index (χ1n) is 10.3. The van der Waals surface area contributed by atoms with Gasteiger partial charge >= 0.3 is 0 Å². The number of nitrogens with zero attached hydrogens (tertiary/aromatic N) is 2. The van der Waals surface area contributed by atoms with Crippen molar-refractivity contribution in [3.8, 4) is 0 Å². The normalized spacial score (nSPS) is 13.8. The van der Waals surface area contributed by atoms with Crippen molar-refractivity contribution in [3.05, 3.63) is 52.7 Å². The van der Waals surface area contributed by atoms with Crippen LogP contribution in [0.1, 0.15) is 74.1 Å². The molecule has 0 unspecified atom stereocenters. The number of benzene rings is 1. The molecule has 1 amide bonds. The first-order valence-corrected chi connectivity index (χ1v) is 10.3. The molecule has 0 aliphatic carbocycles. The number of hydrogen-bond donors (Lipinski definition) is 1. The van der Waals surface area contributed by atoms with Crippen LogP contribution < -0.4 is 5.32 Å². The van der Waals surface area contributed by atoms with Crippen molar-refractivity contribution in [2.24, 2.45) is 5.92 Å². The molecule has 0 radical (unpaired) electrons. The highest BCUT2D eigenvalue weighted by Crippen LogP contribution is 2.20. The Labute approximate surface area is 169 Å². The van der Waals surface area contributed by atoms with Crippen LogP contribution in [0.25, 0.3) is 0 Å². The van der Waals surface area contributed by atoms with Crippen LogP contribution in [-0.2, 0) is 13.1 Å². The Balaban J connectivity index is 2.16. The van der Waals surface area contributed by atoms with E-state index in [0.717, 1.165) is 13.0 Å². The maximum atomic E-state index is 12.3. The molecule has 0 saturated carbocycles. The van der Waals surface area contributed by atoms with Crippen LogP contribution in [-0.4, -0.2) is 27.9 Å². The predicted octanol–water partition coefficient (Wildman–Crippen LogP) is 4.87. The lowest BCUT2D eigenvalue weighted by atomic mass is 10.0. The van der Waals surface area contributed by atoms with E-state index in [1.807, 2.05) is 13.8 Å². The average molecular weight is 386 g/mol. The SMILES string of the molecule is CC[C@@H](C)NC(=O)c1coc(CN(Cc2ccc(C)cc2C)[C@@H](C)C(C)C)n1. The van der Waals surface area contributed by atoms with Crippen molar-refractivity contribution < 1.29 is 9.21 Å². The summed E-state index contributed by atoms with van der Waals surface area (Å²) in [5.41, 5.74) is 4.22. The van der Waals surface area contributed by atoms with E-state index in [1.165, 1.54) is 23.0 Å². The molecule has 0 aliphatic heterocycles. The van der Waals surface area contributed by atoms with Crippen LogP contribution in [0, 0.1) is 19.8 Å². The predicted molar refractivity (Wildman–Crippen MR) is 113 cm³/mol. The Morgan fingerprint density at radius 3 is 2.50 bits per heavy atom. The number of aryl methyl sites for hydroxylation is 2. The van der Waals surface area contributed by atoms with Gasteiger partial charge in [0.2, 0.25) is 5.89 Å². The van der Waals surface area contributed by atoms with Crippen LogP contribution in [0.2, 0.25) is 0 Å². The fourth-order valence-electron chi connectivity index (χ4n) is 3.07. The van der Waals surface area contributed by atoms with Crippen molar-refractivity contribution in [2.75, 3.05) is 0 Å². The first-order chi connectivity index (χ1) is 13.2. The highest BCUT2D eigenvalue weighted by atomic mass is 16.3. The molecule has 5 heteroatoms. The molecule has 2 atom stereocenters. The zero-order valence-corrected chi connectivity index (χ0v) is 18.4. The van der Waals surface area contributed by atoms with E-state index in [1.54, 1.807) is 0 Å². The van der Waals surface area contributed by atoms with Crippen molar-refractivity contribution >= 4 is 5.91 Å². The number of rotatable bonds is 9. The summed E-state index contributed by atoms with van der Waals surface area (Å²) in [5, 5.41) is 2.93. The standard InChI is InChI=1S/C23H35N3O2/c1-8-18(6)24-23(27)21-14-28-22(25-21)13-26(19(7)15(2)3)12-20-10-9-16(4)11-17(20)5/h9-11,14-15,18-19H,8,12-13H2,1-7H3,(H,24,27)/t18-,19+/m1/s1. The Hall–Kier alpha value is -2.14. The summed E-state index contributed by atoms with van der Waals surface area (Å²) in [7, 11) is 0. The molecule has 28 heavy (non-hydrogen) atoms. The summed E-state index contributed by atoms with van der Waals surface area (Å²) >= 11 is 0. The van der Waals surface area contributed by atoms with Crippen molar-refractivity contribution in [1.82, 2.24) is 15.2 Å². The van der Waals surface area contributed by atoms with Gasteiger partial charge in [-0.25, -0.2) is 4.98 Å². The number of hydrogen-bond acceptors (Lipinski definition) is 4. The summed E-state index contributed by atoms with van der Waals surface area (Å²) in [6.45, 7) is 16.4. The van der Waals surface area contributed by atoms with E-state index in [-0.39, 0.29) is 11.9 Å². The first kappa shape index (κ1) is 22.2. The maximum Gasteiger partial charge on any atom is 0.273 e. The minimum absolute atomic E-state index is 0.120. The second-order valence-electron chi connectivity index (χ2n) is 8.23. The Kier molecular flexibility index (Phi) is 7.81. The number of amides is 1. The molecule has 154 valence electrons. The summed E-state index contributed by atoms with van der Waals surface area (Å²) in [5.74, 6) is 0.891. The van der Waals surface area contributed by atoms with Gasteiger partial charge in [0.1, 0.15) is 6.26 Å². The summed E-state index contributed by atoms with van der Waals surface area (Å²) < 4.78 is 5.63. The molecule has 0 spiro atoms. The zero-order valence-electron chi connectivity index (χ0n) is 18.4. The van der Waals surface area contributed by atoms with Crippen LogP contribution in [0.4, 0.5) is 0 Å². The maximum absolute atomic E-state index is 12.3. The molecule has 0 aliphatic rings. The quantitative estimate of drug-likeness (QED) is 0.669. The molecule has 2 rings (SSSR count). The molecule has 1 heterocycles. The highest BCUT2D eigenvalue weighted by molar-refractivity contribution is 5.92. The van der Waals surface area contributed by atoms with E-state index >= 15 is 0 Å². The van der Waals surface area contributed by atoms with E-state index in [9.17, 15) is 4.79 Å². The van der Waals surface area contributed by atoms with Crippen molar-refractivity contribution in [2.45, 2.75) is 80.1 Å². The van der Waals surface area contributed by atoms with Gasteiger partial charge in [0.05, 0.1) is 6.54 Å². The van der Waals surface area contributed by atoms with E-state index in [2.05, 4.69) is 68.0 Å². The highest BCUT2D eigenvalue weighted by Gasteiger charge is 2.22. The van der Waals surface area contributed by atoms with Crippen molar-refractivity contribution in [3.63, 3.8) is 0 Å². The number of carbonyl (C=O) groups is 1. The molecular formula is C23H35N3O2. The van der Waals surface area contributed by atoms with Crippen LogP contribution in [0.15, 0.2) is 28.9 Å². The number of carbonyl (C=O) groups excluding carboxylic acids is 1. The molecule has 2 aromatic rings. The van der Waals surface area contributed by atoms with Gasteiger partial charge in [-0.2, -0.15) is 0 Å². The molecule has 1 aromatic carbocycles. The monoisotopic (exact) mass is 385 g/mol. The van der Waals surface area contributed by atoms with Gasteiger partial charge in [0.15, 0.2) is 5.69 Å². The van der Waals surface area contributed by atoms with Gasteiger partial charge in [-0.05, 0) is 51.2 Å². The number of oxazole rings is 1. The molecule has 1 aromatic heterocycles. The minimum Gasteiger partial charge on any atom is -0.447 e. The van der Waals surface area contributed by atoms with Gasteiger partial charge in [0, 0.05) is 18.6 Å². The van der Waals surface area contributed by atoms with E-state index < -0.39 is 0 Å². The molecular weight excluding hydrogens is 350 g/mol. The lowest BCUT2D eigenvalue weighted by Crippen LogP contribution is -2.36. The summed E-state index contributed by atoms with van der Waals surface area (Å²) in [6.07, 6.45) is 2.34. The Bertz CT molecular complexity index is 782. The second kappa shape index (κ2) is 9.87. The lowest BCUT2D eigenvalue weighted by Gasteiger charge is -2.31. The molecule has 0 saturated heterocycles. The summed E-state index contributed by atoms with van der Waals surface area (Å²) in [4.78, 5) is 19.1. The van der Waals surface area contributed by atoms with Gasteiger partial charge < -0.3 is 9.73 Å². The van der Waals surface area contributed by atoms with E-state index in [4.69, 9.17) is 4.42 Å². The molecule has 0 fully saturated rings. The average Bonchev–Trinajstić information content (AvgIpc) is 3.11. The van der Waals surface area contributed by atoms with Crippen LogP contribution in [0.5, 0.6) is 0 Å². The van der Waals surface area contributed by atoms with E-state index in [0.29, 0.717) is 30.1 Å². The molecule has 0 bridgehead atoms. The summed E-state index contributed by atoms with van der Waals surface area (Å²) in [6, 6.07) is 7.05. The zero-order chi connectivity index (χ0) is 20.8. The number of aromatic nitrogens is 1. The lowest BCUT2D eigenvalue weighted by molar-refractivity contribution is 0.0934. The van der Waals surface area contributed by atoms with Crippen molar-refractivity contribution in [1.29, 1.82) is 0 Å². The van der Waals surface area contributed by atoms with Gasteiger partial charge in [0.25, 0.3) is 5.91 Å². The molecule has 1 N–H and O–H groups in total. The van der Waals surface area contributed by atoms with Gasteiger partial charge in [-0.1, -0.05) is 44.5 Å². The minimum atomic E-state index is -0.179. The largest absolute Gasteiger partial charge is 0.447 e. The van der Waals surface area contributed by atoms with Crippen LogP contribution in [0.3, 0.4) is 0 Å². The Morgan fingerprint density at radius 2 is 1.89 bits per heavy atom. The van der Waals surface area contributed by atoms with Gasteiger partial charge in [-0.15, -0.1) is 0 Å². The third kappa shape index (κ3) is 5.93. The fraction of sp³-hybridized carbons (Fsp3) is 0.565. The topological polar surface area (TPSA) is 58.4 Å². The number of nitrogens with one attached hydrogen (secondary N) is 1. The second-order valence-corrected chi connectivity index (χ2v) is 8.23. The smallest absolute Gasteiger partial charge is 0.273 e. The molecule has 5 nitrogen and oxygen atoms in total. The van der Waals surface area contributed by atoms with Gasteiger partial charge in [-0.3, -0.25) is 9.69 Å². The third-order valence-corrected chi connectivity index (χ3v) is 5.52. The van der Waals surface area contributed by atoms with Crippen LogP contribution >= 0.6 is 0 Å².